The third-order valence-corrected chi connectivity index (χ3v) is 4.32. The lowest BCUT2D eigenvalue weighted by molar-refractivity contribution is 0.0992. The molecule has 1 aromatic heterocycles. The number of aryl methyl sites for hydroxylation is 1. The van der Waals surface area contributed by atoms with Crippen molar-refractivity contribution in [2.24, 2.45) is 0 Å². The van der Waals surface area contributed by atoms with E-state index in [2.05, 4.69) is 20.9 Å². The summed E-state index contributed by atoms with van der Waals surface area (Å²) in [5.74, 6) is -0.140. The van der Waals surface area contributed by atoms with Crippen LogP contribution in [-0.2, 0) is 0 Å². The van der Waals surface area contributed by atoms with Crippen LogP contribution in [0, 0.1) is 6.92 Å². The minimum absolute atomic E-state index is 0.140. The van der Waals surface area contributed by atoms with E-state index in [-0.39, 0.29) is 5.91 Å². The van der Waals surface area contributed by atoms with Crippen LogP contribution in [0.5, 0.6) is 0 Å². The number of carbonyl (C=O) groups excluding carboxylic acids is 1. The van der Waals surface area contributed by atoms with Gasteiger partial charge in [0.15, 0.2) is 5.13 Å². The molecule has 0 saturated carbocycles. The second kappa shape index (κ2) is 5.38. The quantitative estimate of drug-likeness (QED) is 0.819. The van der Waals surface area contributed by atoms with E-state index in [1.807, 2.05) is 12.3 Å². The van der Waals surface area contributed by atoms with Crippen LogP contribution in [0.15, 0.2) is 28.1 Å². The Balaban J connectivity index is 2.33. The van der Waals surface area contributed by atoms with Gasteiger partial charge in [-0.05, 0) is 41.1 Å². The number of carbonyl (C=O) groups is 1. The van der Waals surface area contributed by atoms with Crippen LogP contribution >= 0.6 is 38.9 Å². The number of amides is 1. The minimum atomic E-state index is -0.140. The molecule has 0 aliphatic rings. The van der Waals surface area contributed by atoms with Crippen LogP contribution in [0.1, 0.15) is 16.1 Å². The van der Waals surface area contributed by atoms with Gasteiger partial charge in [0.25, 0.3) is 5.91 Å². The Kier molecular flexibility index (Phi) is 4.04. The highest BCUT2D eigenvalue weighted by molar-refractivity contribution is 9.10. The highest BCUT2D eigenvalue weighted by atomic mass is 79.9. The number of thiazole rings is 1. The molecule has 1 heterocycles. The lowest BCUT2D eigenvalue weighted by atomic mass is 10.2. The summed E-state index contributed by atoms with van der Waals surface area (Å²) in [6, 6.07) is 5.14. The van der Waals surface area contributed by atoms with Gasteiger partial charge in [-0.1, -0.05) is 11.6 Å². The van der Waals surface area contributed by atoms with Crippen LogP contribution in [0.4, 0.5) is 5.13 Å². The molecule has 0 fully saturated rings. The van der Waals surface area contributed by atoms with Crippen molar-refractivity contribution in [3.8, 4) is 0 Å². The van der Waals surface area contributed by atoms with Gasteiger partial charge in [0.2, 0.25) is 0 Å². The third kappa shape index (κ3) is 2.74. The predicted octanol–water partition coefficient (Wildman–Crippen LogP) is 4.14. The van der Waals surface area contributed by atoms with Crippen LogP contribution in [0.25, 0.3) is 0 Å². The molecule has 1 amide bonds. The molecule has 3 nitrogen and oxygen atoms in total. The maximum Gasteiger partial charge on any atom is 0.260 e. The maximum absolute atomic E-state index is 12.3. The number of rotatable bonds is 2. The Morgan fingerprint density at radius 3 is 2.83 bits per heavy atom. The van der Waals surface area contributed by atoms with Crippen molar-refractivity contribution in [2.45, 2.75) is 6.92 Å². The molecule has 94 valence electrons. The van der Waals surface area contributed by atoms with Gasteiger partial charge < -0.3 is 0 Å². The number of halogens is 2. The molecular weight excluding hydrogens is 336 g/mol. The number of hydrogen-bond acceptors (Lipinski definition) is 3. The van der Waals surface area contributed by atoms with E-state index in [1.165, 1.54) is 16.2 Å². The Bertz CT molecular complexity index is 600. The van der Waals surface area contributed by atoms with Gasteiger partial charge >= 0.3 is 0 Å². The Hall–Kier alpha value is -0.910. The first-order chi connectivity index (χ1) is 8.49. The topological polar surface area (TPSA) is 33.2 Å². The monoisotopic (exact) mass is 344 g/mol. The van der Waals surface area contributed by atoms with Crippen LogP contribution in [-0.4, -0.2) is 17.9 Å². The summed E-state index contributed by atoms with van der Waals surface area (Å²) in [6.45, 7) is 1.90. The van der Waals surface area contributed by atoms with Crippen molar-refractivity contribution in [2.75, 3.05) is 11.9 Å². The second-order valence-electron chi connectivity index (χ2n) is 3.76. The zero-order valence-electron chi connectivity index (χ0n) is 9.78. The summed E-state index contributed by atoms with van der Waals surface area (Å²) in [7, 11) is 1.70. The van der Waals surface area contributed by atoms with Crippen LogP contribution < -0.4 is 4.90 Å². The normalized spacial score (nSPS) is 10.4. The van der Waals surface area contributed by atoms with Gasteiger partial charge in [-0.15, -0.1) is 11.3 Å². The molecule has 2 rings (SSSR count). The molecule has 18 heavy (non-hydrogen) atoms. The van der Waals surface area contributed by atoms with Gasteiger partial charge in [0.1, 0.15) is 0 Å². The van der Waals surface area contributed by atoms with E-state index < -0.39 is 0 Å². The van der Waals surface area contributed by atoms with Crippen LogP contribution in [0.3, 0.4) is 0 Å². The van der Waals surface area contributed by atoms with Crippen LogP contribution in [0.2, 0.25) is 5.02 Å². The second-order valence-corrected chi connectivity index (χ2v) is 5.89. The van der Waals surface area contributed by atoms with Gasteiger partial charge in [0.05, 0.1) is 11.3 Å². The molecule has 0 bridgehead atoms. The molecular formula is C12H10BrClN2OS. The zero-order chi connectivity index (χ0) is 13.3. The first-order valence-corrected chi connectivity index (χ1v) is 7.19. The molecule has 0 spiro atoms. The zero-order valence-corrected chi connectivity index (χ0v) is 12.9. The first kappa shape index (κ1) is 13.5. The standard InChI is InChI=1S/C12H10BrClN2OS/c1-7-6-18-12(15-7)16(2)11(17)9-5-8(14)3-4-10(9)13/h3-6H,1-2H3. The molecule has 0 atom stereocenters. The first-order valence-electron chi connectivity index (χ1n) is 5.14. The fourth-order valence-corrected chi connectivity index (χ4v) is 2.78. The Labute approximate surface area is 123 Å². The number of aromatic nitrogens is 1. The summed E-state index contributed by atoms with van der Waals surface area (Å²) >= 11 is 10.7. The summed E-state index contributed by atoms with van der Waals surface area (Å²) in [6.07, 6.45) is 0. The number of benzene rings is 1. The van der Waals surface area contributed by atoms with Gasteiger partial charge in [0, 0.05) is 21.9 Å². The van der Waals surface area contributed by atoms with Crippen molar-refractivity contribution >= 4 is 49.9 Å². The largest absolute Gasteiger partial charge is 0.287 e. The average molecular weight is 346 g/mol. The van der Waals surface area contributed by atoms with Gasteiger partial charge in [-0.3, -0.25) is 9.69 Å². The number of nitrogens with zero attached hydrogens (tertiary/aromatic N) is 2. The molecule has 2 aromatic rings. The Morgan fingerprint density at radius 1 is 1.50 bits per heavy atom. The predicted molar refractivity (Wildman–Crippen MR) is 78.7 cm³/mol. The highest BCUT2D eigenvalue weighted by Gasteiger charge is 2.18. The fourth-order valence-electron chi connectivity index (χ4n) is 1.42. The highest BCUT2D eigenvalue weighted by Crippen LogP contribution is 2.25. The molecule has 0 unspecified atom stereocenters. The fraction of sp³-hybridized carbons (Fsp3) is 0.167. The Morgan fingerprint density at radius 2 is 2.22 bits per heavy atom. The third-order valence-electron chi connectivity index (χ3n) is 2.36. The van der Waals surface area contributed by atoms with E-state index in [0.717, 1.165) is 10.2 Å². The molecule has 6 heteroatoms. The molecule has 0 N–H and O–H groups in total. The molecule has 0 aliphatic heterocycles. The lowest BCUT2D eigenvalue weighted by Crippen LogP contribution is -2.26. The van der Waals surface area contributed by atoms with E-state index in [1.54, 1.807) is 25.2 Å². The number of hydrogen-bond donors (Lipinski definition) is 0. The van der Waals surface area contributed by atoms with E-state index in [0.29, 0.717) is 15.7 Å². The van der Waals surface area contributed by atoms with Crippen molar-refractivity contribution < 1.29 is 4.79 Å². The van der Waals surface area contributed by atoms with E-state index in [4.69, 9.17) is 11.6 Å². The smallest absolute Gasteiger partial charge is 0.260 e. The SMILES string of the molecule is Cc1csc(N(C)C(=O)c2cc(Cl)ccc2Br)n1. The molecule has 0 aliphatic carbocycles. The summed E-state index contributed by atoms with van der Waals surface area (Å²) in [5.41, 5.74) is 1.43. The number of anilines is 1. The minimum Gasteiger partial charge on any atom is -0.287 e. The molecule has 0 saturated heterocycles. The van der Waals surface area contributed by atoms with E-state index >= 15 is 0 Å². The summed E-state index contributed by atoms with van der Waals surface area (Å²) in [5, 5.41) is 3.11. The van der Waals surface area contributed by atoms with Crippen molar-refractivity contribution in [3.05, 3.63) is 44.3 Å². The average Bonchev–Trinajstić information content (AvgIpc) is 2.77. The van der Waals surface area contributed by atoms with Gasteiger partial charge in [-0.25, -0.2) is 4.98 Å². The maximum atomic E-state index is 12.3. The summed E-state index contributed by atoms with van der Waals surface area (Å²) in [4.78, 5) is 18.1. The molecule has 0 radical (unpaired) electrons. The van der Waals surface area contributed by atoms with Crippen molar-refractivity contribution in [1.82, 2.24) is 4.98 Å². The molecule has 1 aromatic carbocycles. The van der Waals surface area contributed by atoms with Gasteiger partial charge in [-0.2, -0.15) is 0 Å². The van der Waals surface area contributed by atoms with Crippen molar-refractivity contribution in [3.63, 3.8) is 0 Å². The summed E-state index contributed by atoms with van der Waals surface area (Å²) < 4.78 is 0.719. The van der Waals surface area contributed by atoms with E-state index in [9.17, 15) is 4.79 Å². The van der Waals surface area contributed by atoms with Crippen molar-refractivity contribution in [1.29, 1.82) is 0 Å². The lowest BCUT2D eigenvalue weighted by Gasteiger charge is -2.14.